The van der Waals surface area contributed by atoms with Crippen molar-refractivity contribution in [1.82, 2.24) is 10.4 Å². The maximum Gasteiger partial charge on any atom is 0.240 e. The lowest BCUT2D eigenvalue weighted by molar-refractivity contribution is -0.195. The summed E-state index contributed by atoms with van der Waals surface area (Å²) in [5.74, 6) is 2.28. The number of rotatable bonds is 12. The van der Waals surface area contributed by atoms with E-state index >= 15 is 0 Å². The highest BCUT2D eigenvalue weighted by molar-refractivity contribution is 5.83. The van der Waals surface area contributed by atoms with Crippen molar-refractivity contribution in [3.63, 3.8) is 0 Å². The first-order valence-corrected chi connectivity index (χ1v) is 19.9. The van der Waals surface area contributed by atoms with Crippen molar-refractivity contribution in [2.45, 2.75) is 148 Å². The van der Waals surface area contributed by atoms with Gasteiger partial charge in [0.25, 0.3) is 0 Å². The number of hydroxylamine groups is 2. The zero-order valence-corrected chi connectivity index (χ0v) is 30.9. The van der Waals surface area contributed by atoms with Crippen LogP contribution in [0, 0.1) is 58.7 Å². The lowest BCUT2D eigenvalue weighted by Crippen LogP contribution is -2.62. The van der Waals surface area contributed by atoms with E-state index in [2.05, 4.69) is 26.1 Å². The van der Waals surface area contributed by atoms with Gasteiger partial charge in [-0.15, -0.1) is 0 Å². The van der Waals surface area contributed by atoms with E-state index in [0.717, 1.165) is 83.7 Å². The first-order chi connectivity index (χ1) is 23.4. The zero-order valence-electron chi connectivity index (χ0n) is 30.9. The number of hydrogen-bond donors (Lipinski definition) is 4. The van der Waals surface area contributed by atoms with E-state index in [9.17, 15) is 19.8 Å². The lowest BCUT2D eigenvalue weighted by Gasteiger charge is -2.62. The second-order valence-corrected chi connectivity index (χ2v) is 17.8. The van der Waals surface area contributed by atoms with Crippen LogP contribution in [-0.2, 0) is 23.9 Å². The van der Waals surface area contributed by atoms with Gasteiger partial charge in [-0.1, -0.05) is 27.2 Å². The number of nitrogens with zero attached hydrogens (tertiary/aromatic N) is 1. The summed E-state index contributed by atoms with van der Waals surface area (Å²) in [4.78, 5) is 32.7. The minimum Gasteiger partial charge on any atom is -0.394 e. The van der Waals surface area contributed by atoms with Crippen LogP contribution in [0.1, 0.15) is 111 Å². The average molecular weight is 690 g/mol. The first-order valence-electron chi connectivity index (χ1n) is 19.9. The fourth-order valence-corrected chi connectivity index (χ4v) is 11.6. The number of aliphatic hydroxyl groups excluding tert-OH is 2. The molecule has 0 aromatic carbocycles. The van der Waals surface area contributed by atoms with Crippen LogP contribution >= 0.6 is 0 Å². The van der Waals surface area contributed by atoms with E-state index in [1.165, 1.54) is 6.42 Å². The molecule has 10 heteroatoms. The third kappa shape index (κ3) is 7.75. The fourth-order valence-electron chi connectivity index (χ4n) is 11.6. The van der Waals surface area contributed by atoms with Crippen LogP contribution in [0.15, 0.2) is 0 Å². The van der Waals surface area contributed by atoms with Gasteiger partial charge in [-0.3, -0.25) is 14.4 Å². The molecule has 11 atom stereocenters. The summed E-state index contributed by atoms with van der Waals surface area (Å²) >= 11 is 0. The van der Waals surface area contributed by atoms with Crippen molar-refractivity contribution < 1.29 is 34.1 Å². The Morgan fingerprint density at radius 3 is 2.35 bits per heavy atom. The van der Waals surface area contributed by atoms with Crippen LogP contribution in [0.3, 0.4) is 0 Å². The van der Waals surface area contributed by atoms with Gasteiger partial charge in [0.1, 0.15) is 12.1 Å². The third-order valence-electron chi connectivity index (χ3n) is 14.9. The van der Waals surface area contributed by atoms with Crippen LogP contribution in [0.2, 0.25) is 0 Å². The summed E-state index contributed by atoms with van der Waals surface area (Å²) in [6, 6.07) is -0.584. The highest BCUT2D eigenvalue weighted by Gasteiger charge is 2.58. The molecule has 49 heavy (non-hydrogen) atoms. The summed E-state index contributed by atoms with van der Waals surface area (Å²) in [7, 11) is 1.81. The Morgan fingerprint density at radius 1 is 1.04 bits per heavy atom. The maximum absolute atomic E-state index is 14.3. The minimum atomic E-state index is -0.817. The van der Waals surface area contributed by atoms with Gasteiger partial charge in [-0.2, -0.15) is 5.06 Å². The third-order valence-corrected chi connectivity index (χ3v) is 14.9. The summed E-state index contributed by atoms with van der Waals surface area (Å²) in [5, 5.41) is 26.7. The van der Waals surface area contributed by atoms with E-state index in [1.54, 1.807) is 6.92 Å². The number of carbonyl (C=O) groups excluding carboxylic acids is 2. The number of hydrogen-bond acceptors (Lipinski definition) is 8. The molecule has 2 bridgehead atoms. The Kier molecular flexibility index (Phi) is 12.0. The second kappa shape index (κ2) is 15.7. The monoisotopic (exact) mass is 689 g/mol. The molecule has 1 saturated heterocycles. The van der Waals surface area contributed by atoms with Crippen LogP contribution in [-0.4, -0.2) is 90.5 Å². The lowest BCUT2D eigenvalue weighted by atomic mass is 9.45. The van der Waals surface area contributed by atoms with Crippen LogP contribution in [0.4, 0.5) is 0 Å². The van der Waals surface area contributed by atoms with Crippen molar-refractivity contribution in [2.24, 2.45) is 64.4 Å². The van der Waals surface area contributed by atoms with Crippen molar-refractivity contribution in [1.29, 1.82) is 0 Å². The number of nitrogens with two attached hydrogens (primary N) is 1. The van der Waals surface area contributed by atoms with Crippen molar-refractivity contribution in [2.75, 3.05) is 26.9 Å². The number of carbonyl (C=O) groups is 2. The predicted octanol–water partition coefficient (Wildman–Crippen LogP) is 4.45. The molecule has 1 aliphatic heterocycles. The van der Waals surface area contributed by atoms with Gasteiger partial charge >= 0.3 is 0 Å². The number of methoxy groups -OCH3 is 1. The number of ether oxygens (including phenoxy) is 2. The maximum atomic E-state index is 14.3. The fraction of sp³-hybridized carbons (Fsp3) is 0.949. The van der Waals surface area contributed by atoms with E-state index in [0.29, 0.717) is 53.6 Å². The van der Waals surface area contributed by atoms with E-state index in [-0.39, 0.29) is 42.4 Å². The summed E-state index contributed by atoms with van der Waals surface area (Å²) in [6.45, 7) is 9.71. The van der Waals surface area contributed by atoms with Crippen LogP contribution in [0.5, 0.6) is 0 Å². The van der Waals surface area contributed by atoms with Gasteiger partial charge in [0.2, 0.25) is 11.8 Å². The smallest absolute Gasteiger partial charge is 0.240 e. The van der Waals surface area contributed by atoms with E-state index in [4.69, 9.17) is 20.0 Å². The van der Waals surface area contributed by atoms with Crippen LogP contribution in [0.25, 0.3) is 0 Å². The van der Waals surface area contributed by atoms with Gasteiger partial charge < -0.3 is 30.7 Å². The topological polar surface area (TPSA) is 144 Å². The SMILES string of the molecule is COC1CCC(COC2C(CN3O[C@@H](CO)[C@@H]([C@H](C)O)[C@H]3C(=O)N[C@H]3C[C@H]4C[C@@H]([C@@H]3C)C4(C)C)CCCC2C2CCC(C(N)=O)CC2)CC1. The van der Waals surface area contributed by atoms with Gasteiger partial charge in [-0.05, 0) is 125 Å². The average Bonchev–Trinajstić information content (AvgIpc) is 3.47. The molecule has 280 valence electrons. The molecule has 7 aliphatic rings. The molecule has 7 fully saturated rings. The quantitative estimate of drug-likeness (QED) is 0.236. The van der Waals surface area contributed by atoms with Crippen molar-refractivity contribution in [3.05, 3.63) is 0 Å². The molecule has 6 aliphatic carbocycles. The standard InChI is InChI=1S/C39H67N3O7/c1-22-31-17-28(39(31,3)4)18-32(22)41-38(46)35-34(23(2)44)33(20-43)49-42(35)19-27-7-6-8-30(25-11-13-26(14-12-25)37(40)45)36(27)48-21-24-9-15-29(47-5)16-10-24/h22-36,43-44H,6-21H2,1-5H3,(H2,40,45)(H,41,46)/t22-,23-,24?,25?,26?,27?,28+,29?,30?,31-,32-,33-,34+,35-,36?/m0/s1. The Morgan fingerprint density at radius 2 is 1.76 bits per heavy atom. The molecule has 10 nitrogen and oxygen atoms in total. The van der Waals surface area contributed by atoms with Crippen molar-refractivity contribution in [3.8, 4) is 0 Å². The van der Waals surface area contributed by atoms with Gasteiger partial charge in [0.15, 0.2) is 0 Å². The number of primary amides is 1. The second-order valence-electron chi connectivity index (χ2n) is 17.8. The number of nitrogens with one attached hydrogen (secondary N) is 1. The number of amides is 2. The molecule has 6 saturated carbocycles. The summed E-state index contributed by atoms with van der Waals surface area (Å²) in [6.07, 6.45) is 12.3. The molecule has 2 amide bonds. The Balaban J connectivity index is 1.19. The zero-order chi connectivity index (χ0) is 35.0. The molecule has 7 rings (SSSR count). The Hall–Kier alpha value is -1.30. The highest BCUT2D eigenvalue weighted by Crippen LogP contribution is 2.61. The molecule has 0 aromatic heterocycles. The Labute approximate surface area is 294 Å². The molecule has 0 radical (unpaired) electrons. The van der Waals surface area contributed by atoms with Crippen LogP contribution < -0.4 is 11.1 Å². The van der Waals surface area contributed by atoms with Gasteiger partial charge in [-0.25, -0.2) is 0 Å². The highest BCUT2D eigenvalue weighted by atomic mass is 16.7. The molecule has 0 spiro atoms. The molecule has 3 unspecified atom stereocenters. The molecule has 1 heterocycles. The molecular formula is C39H67N3O7. The molecule has 5 N–H and O–H groups in total. The molecular weight excluding hydrogens is 622 g/mol. The molecule has 0 aromatic rings. The van der Waals surface area contributed by atoms with Crippen molar-refractivity contribution >= 4 is 11.8 Å². The summed E-state index contributed by atoms with van der Waals surface area (Å²) < 4.78 is 12.7. The first kappa shape index (κ1) is 37.5. The number of fused-ring (bicyclic) bond motifs is 2. The summed E-state index contributed by atoms with van der Waals surface area (Å²) in [5.41, 5.74) is 6.02. The predicted molar refractivity (Wildman–Crippen MR) is 187 cm³/mol. The van der Waals surface area contributed by atoms with Gasteiger partial charge in [0, 0.05) is 44.1 Å². The van der Waals surface area contributed by atoms with E-state index in [1.807, 2.05) is 12.2 Å². The van der Waals surface area contributed by atoms with Gasteiger partial charge in [0.05, 0.1) is 24.9 Å². The largest absolute Gasteiger partial charge is 0.394 e. The number of aliphatic hydroxyl groups is 2. The minimum absolute atomic E-state index is 0.0159. The Bertz CT molecular complexity index is 1120. The normalized spacial score (nSPS) is 44.6. The van der Waals surface area contributed by atoms with E-state index < -0.39 is 24.2 Å².